The van der Waals surface area contributed by atoms with Crippen LogP contribution in [0.15, 0.2) is 30.3 Å². The summed E-state index contributed by atoms with van der Waals surface area (Å²) in [6, 6.07) is 9.37. The number of nitrogens with one attached hydrogen (secondary N) is 2. The second kappa shape index (κ2) is 5.28. The summed E-state index contributed by atoms with van der Waals surface area (Å²) in [6.07, 6.45) is 0. The summed E-state index contributed by atoms with van der Waals surface area (Å²) < 4.78 is 0. The molecular formula is C14H16N6O. The minimum atomic E-state index is -0.0871. The van der Waals surface area contributed by atoms with E-state index in [1.807, 2.05) is 36.1 Å². The van der Waals surface area contributed by atoms with Gasteiger partial charge in [0.1, 0.15) is 18.2 Å². The van der Waals surface area contributed by atoms with Crippen molar-refractivity contribution >= 4 is 34.9 Å². The standard InChI is InChI=1S/C14H16N6O/c1-2-16-11-7-12(19-14(15)18-11)20-8-13(21)17-9-5-3-4-6-10(9)20/h3-7H,2,8H2,1H3,(H,17,21)(H3,15,16,18,19). The second-order valence-corrected chi connectivity index (χ2v) is 4.65. The van der Waals surface area contributed by atoms with Crippen molar-refractivity contribution < 1.29 is 4.79 Å². The van der Waals surface area contributed by atoms with Crippen LogP contribution >= 0.6 is 0 Å². The first-order valence-corrected chi connectivity index (χ1v) is 6.72. The minimum Gasteiger partial charge on any atom is -0.370 e. The number of fused-ring (bicyclic) bond motifs is 1. The summed E-state index contributed by atoms with van der Waals surface area (Å²) in [5.74, 6) is 1.33. The van der Waals surface area contributed by atoms with Crippen molar-refractivity contribution in [3.8, 4) is 0 Å². The monoisotopic (exact) mass is 284 g/mol. The van der Waals surface area contributed by atoms with E-state index in [9.17, 15) is 4.79 Å². The molecule has 0 aliphatic carbocycles. The van der Waals surface area contributed by atoms with Crippen LogP contribution in [0.2, 0.25) is 0 Å². The largest absolute Gasteiger partial charge is 0.370 e. The van der Waals surface area contributed by atoms with Crippen LogP contribution in [0.4, 0.5) is 29.0 Å². The summed E-state index contributed by atoms with van der Waals surface area (Å²) in [4.78, 5) is 22.1. The molecule has 0 radical (unpaired) electrons. The molecule has 7 heteroatoms. The average Bonchev–Trinajstić information content (AvgIpc) is 2.46. The molecule has 0 atom stereocenters. The molecule has 2 heterocycles. The Labute approximate surface area is 122 Å². The van der Waals surface area contributed by atoms with E-state index in [0.717, 1.165) is 17.9 Å². The van der Waals surface area contributed by atoms with E-state index in [-0.39, 0.29) is 18.4 Å². The molecule has 0 spiro atoms. The number of nitrogens with zero attached hydrogens (tertiary/aromatic N) is 3. The zero-order valence-corrected chi connectivity index (χ0v) is 11.6. The number of carbonyl (C=O) groups is 1. The van der Waals surface area contributed by atoms with Gasteiger partial charge in [0, 0.05) is 12.6 Å². The van der Waals surface area contributed by atoms with Gasteiger partial charge in [0.2, 0.25) is 11.9 Å². The summed E-state index contributed by atoms with van der Waals surface area (Å²) >= 11 is 0. The highest BCUT2D eigenvalue weighted by molar-refractivity contribution is 6.02. The minimum absolute atomic E-state index is 0.0871. The summed E-state index contributed by atoms with van der Waals surface area (Å²) in [7, 11) is 0. The van der Waals surface area contributed by atoms with Gasteiger partial charge >= 0.3 is 0 Å². The van der Waals surface area contributed by atoms with Crippen LogP contribution in [0, 0.1) is 0 Å². The molecule has 0 unspecified atom stereocenters. The maximum absolute atomic E-state index is 11.9. The number of aromatic nitrogens is 2. The molecule has 7 nitrogen and oxygen atoms in total. The number of para-hydroxylation sites is 2. The molecule has 21 heavy (non-hydrogen) atoms. The molecule has 1 amide bonds. The Kier molecular flexibility index (Phi) is 3.31. The number of nitrogens with two attached hydrogens (primary N) is 1. The van der Waals surface area contributed by atoms with E-state index in [0.29, 0.717) is 11.6 Å². The Morgan fingerprint density at radius 2 is 2.19 bits per heavy atom. The highest BCUT2D eigenvalue weighted by atomic mass is 16.2. The Morgan fingerprint density at radius 3 is 3.00 bits per heavy atom. The van der Waals surface area contributed by atoms with Crippen LogP contribution in [0.5, 0.6) is 0 Å². The van der Waals surface area contributed by atoms with E-state index in [1.54, 1.807) is 6.07 Å². The topological polar surface area (TPSA) is 96.2 Å². The van der Waals surface area contributed by atoms with Gasteiger partial charge in [-0.05, 0) is 19.1 Å². The van der Waals surface area contributed by atoms with E-state index in [2.05, 4.69) is 20.6 Å². The maximum Gasteiger partial charge on any atom is 0.244 e. The van der Waals surface area contributed by atoms with E-state index >= 15 is 0 Å². The first-order valence-electron chi connectivity index (χ1n) is 6.72. The number of amides is 1. The predicted molar refractivity (Wildman–Crippen MR) is 82.7 cm³/mol. The Hall–Kier alpha value is -2.83. The first-order chi connectivity index (χ1) is 10.2. The Morgan fingerprint density at radius 1 is 1.38 bits per heavy atom. The third-order valence-corrected chi connectivity index (χ3v) is 3.14. The fraction of sp³-hybridized carbons (Fsp3) is 0.214. The van der Waals surface area contributed by atoms with E-state index in [4.69, 9.17) is 5.73 Å². The molecule has 108 valence electrons. The summed E-state index contributed by atoms with van der Waals surface area (Å²) in [5.41, 5.74) is 7.41. The average molecular weight is 284 g/mol. The highest BCUT2D eigenvalue weighted by Gasteiger charge is 2.24. The molecule has 0 bridgehead atoms. The van der Waals surface area contributed by atoms with Crippen molar-refractivity contribution in [1.82, 2.24) is 9.97 Å². The van der Waals surface area contributed by atoms with Gasteiger partial charge in [0.05, 0.1) is 11.4 Å². The van der Waals surface area contributed by atoms with Crippen LogP contribution in [-0.4, -0.2) is 29.0 Å². The Balaban J connectivity index is 2.06. The molecule has 1 aliphatic heterocycles. The predicted octanol–water partition coefficient (Wildman–Crippen LogP) is 1.58. The lowest BCUT2D eigenvalue weighted by molar-refractivity contribution is -0.115. The van der Waals surface area contributed by atoms with Crippen molar-refractivity contribution in [3.05, 3.63) is 30.3 Å². The molecule has 1 aliphatic rings. The molecular weight excluding hydrogens is 268 g/mol. The molecule has 0 saturated heterocycles. The van der Waals surface area contributed by atoms with Crippen LogP contribution in [0.1, 0.15) is 6.92 Å². The van der Waals surface area contributed by atoms with Crippen LogP contribution in [0.25, 0.3) is 0 Å². The SMILES string of the molecule is CCNc1cc(N2CC(=O)Nc3ccccc32)nc(N)n1. The fourth-order valence-corrected chi connectivity index (χ4v) is 2.30. The fourth-order valence-electron chi connectivity index (χ4n) is 2.30. The lowest BCUT2D eigenvalue weighted by atomic mass is 10.2. The summed E-state index contributed by atoms with van der Waals surface area (Å²) in [5, 5.41) is 5.95. The molecule has 0 fully saturated rings. The van der Waals surface area contributed by atoms with Crippen molar-refractivity contribution in [1.29, 1.82) is 0 Å². The van der Waals surface area contributed by atoms with Gasteiger partial charge in [0.25, 0.3) is 0 Å². The number of hydrogen-bond acceptors (Lipinski definition) is 6. The van der Waals surface area contributed by atoms with Crippen LogP contribution < -0.4 is 21.3 Å². The van der Waals surface area contributed by atoms with Gasteiger partial charge in [-0.1, -0.05) is 12.1 Å². The number of nitrogen functional groups attached to an aromatic ring is 1. The van der Waals surface area contributed by atoms with Crippen molar-refractivity contribution in [2.45, 2.75) is 6.92 Å². The van der Waals surface area contributed by atoms with Gasteiger partial charge in [-0.2, -0.15) is 9.97 Å². The number of benzene rings is 1. The zero-order chi connectivity index (χ0) is 14.8. The van der Waals surface area contributed by atoms with Crippen molar-refractivity contribution in [3.63, 3.8) is 0 Å². The third-order valence-electron chi connectivity index (χ3n) is 3.14. The molecule has 4 N–H and O–H groups in total. The van der Waals surface area contributed by atoms with E-state index in [1.165, 1.54) is 0 Å². The third kappa shape index (κ3) is 2.58. The van der Waals surface area contributed by atoms with Gasteiger partial charge < -0.3 is 21.3 Å². The van der Waals surface area contributed by atoms with Gasteiger partial charge in [-0.15, -0.1) is 0 Å². The molecule has 1 aromatic heterocycles. The number of hydrogen-bond donors (Lipinski definition) is 3. The number of carbonyl (C=O) groups excluding carboxylic acids is 1. The van der Waals surface area contributed by atoms with Crippen LogP contribution in [0.3, 0.4) is 0 Å². The smallest absolute Gasteiger partial charge is 0.244 e. The van der Waals surface area contributed by atoms with Gasteiger partial charge in [0.15, 0.2) is 0 Å². The number of rotatable bonds is 3. The molecule has 0 saturated carbocycles. The lowest BCUT2D eigenvalue weighted by Gasteiger charge is -2.30. The number of anilines is 5. The van der Waals surface area contributed by atoms with Gasteiger partial charge in [-0.25, -0.2) is 0 Å². The van der Waals surface area contributed by atoms with Crippen LogP contribution in [-0.2, 0) is 4.79 Å². The summed E-state index contributed by atoms with van der Waals surface area (Å²) in [6.45, 7) is 2.90. The van der Waals surface area contributed by atoms with Gasteiger partial charge in [-0.3, -0.25) is 4.79 Å². The second-order valence-electron chi connectivity index (χ2n) is 4.65. The lowest BCUT2D eigenvalue weighted by Crippen LogP contribution is -2.35. The normalized spacial score (nSPS) is 13.6. The maximum atomic E-state index is 11.9. The highest BCUT2D eigenvalue weighted by Crippen LogP contribution is 2.34. The van der Waals surface area contributed by atoms with E-state index < -0.39 is 0 Å². The molecule has 1 aromatic carbocycles. The van der Waals surface area contributed by atoms with Crippen molar-refractivity contribution in [2.24, 2.45) is 0 Å². The zero-order valence-electron chi connectivity index (χ0n) is 11.6. The Bertz CT molecular complexity index is 687. The first kappa shape index (κ1) is 13.2. The quantitative estimate of drug-likeness (QED) is 0.792. The molecule has 3 rings (SSSR count). The van der Waals surface area contributed by atoms with Crippen molar-refractivity contribution in [2.75, 3.05) is 34.4 Å². The molecule has 2 aromatic rings.